The quantitative estimate of drug-likeness (QED) is 0.603. The normalized spacial score (nSPS) is 15.0. The molecular weight excluding hydrogens is 356 g/mol. The van der Waals surface area contributed by atoms with Crippen molar-refractivity contribution in [2.75, 3.05) is 0 Å². The van der Waals surface area contributed by atoms with Gasteiger partial charge in [0.2, 0.25) is 0 Å². The minimum atomic E-state index is 0.0612. The minimum absolute atomic E-state index is 0.0612. The van der Waals surface area contributed by atoms with Crippen LogP contribution in [0.25, 0.3) is 11.8 Å². The van der Waals surface area contributed by atoms with Gasteiger partial charge in [-0.1, -0.05) is 78.5 Å². The SMILES string of the molecule is C=C1NC=Cc2c1cccc2C(C)(C)C.CC(C)(C)c1ccc2c(c1)C(=O)NC2. The zero-order valence-corrected chi connectivity index (χ0v) is 18.4. The van der Waals surface area contributed by atoms with Crippen molar-refractivity contribution >= 4 is 17.7 Å². The zero-order valence-electron chi connectivity index (χ0n) is 18.4. The minimum Gasteiger partial charge on any atom is -0.362 e. The van der Waals surface area contributed by atoms with Gasteiger partial charge in [0.25, 0.3) is 5.91 Å². The summed E-state index contributed by atoms with van der Waals surface area (Å²) < 4.78 is 0. The van der Waals surface area contributed by atoms with Crippen molar-refractivity contribution in [1.29, 1.82) is 0 Å². The van der Waals surface area contributed by atoms with E-state index in [9.17, 15) is 4.79 Å². The first-order valence-corrected chi connectivity index (χ1v) is 10.2. The Labute approximate surface area is 174 Å². The van der Waals surface area contributed by atoms with Crippen molar-refractivity contribution in [3.63, 3.8) is 0 Å². The lowest BCUT2D eigenvalue weighted by molar-refractivity contribution is 0.0965. The van der Waals surface area contributed by atoms with Crippen molar-refractivity contribution in [3.8, 4) is 0 Å². The van der Waals surface area contributed by atoms with Crippen molar-refractivity contribution < 1.29 is 4.79 Å². The van der Waals surface area contributed by atoms with Crippen molar-refractivity contribution in [1.82, 2.24) is 10.6 Å². The summed E-state index contributed by atoms with van der Waals surface area (Å²) in [6.45, 7) is 17.9. The molecule has 3 nitrogen and oxygen atoms in total. The van der Waals surface area contributed by atoms with Crippen LogP contribution in [0.15, 0.2) is 49.2 Å². The number of hydrogen-bond donors (Lipinski definition) is 2. The van der Waals surface area contributed by atoms with E-state index >= 15 is 0 Å². The van der Waals surface area contributed by atoms with E-state index in [0.29, 0.717) is 6.54 Å². The molecule has 3 heteroatoms. The van der Waals surface area contributed by atoms with Gasteiger partial charge in [0.15, 0.2) is 0 Å². The molecule has 1 amide bonds. The van der Waals surface area contributed by atoms with Crippen LogP contribution >= 0.6 is 0 Å². The fourth-order valence-corrected chi connectivity index (χ4v) is 3.64. The maximum Gasteiger partial charge on any atom is 0.251 e. The molecule has 0 saturated heterocycles. The van der Waals surface area contributed by atoms with Gasteiger partial charge in [-0.25, -0.2) is 0 Å². The summed E-state index contributed by atoms with van der Waals surface area (Å²) in [5, 5.41) is 5.97. The van der Waals surface area contributed by atoms with Crippen LogP contribution in [0, 0.1) is 0 Å². The predicted octanol–water partition coefficient (Wildman–Crippen LogP) is 5.76. The molecule has 0 aliphatic carbocycles. The monoisotopic (exact) mass is 388 g/mol. The highest BCUT2D eigenvalue weighted by molar-refractivity contribution is 5.98. The standard InChI is InChI=1S/C14H17N.C12H15NO/c1-10-11-6-5-7-13(14(2,3)4)12(11)8-9-15-10;1-12(2,3)9-5-4-8-7-13-11(14)10(8)6-9/h5-9,15H,1H2,2-4H3;4-6H,7H2,1-3H3,(H,13,14). The number of benzene rings is 2. The summed E-state index contributed by atoms with van der Waals surface area (Å²) in [5.41, 5.74) is 8.33. The molecule has 4 rings (SSSR count). The van der Waals surface area contributed by atoms with Gasteiger partial charge < -0.3 is 10.6 Å². The van der Waals surface area contributed by atoms with Crippen molar-refractivity contribution in [2.24, 2.45) is 0 Å². The third-order valence-electron chi connectivity index (χ3n) is 5.41. The molecule has 2 N–H and O–H groups in total. The molecule has 0 bridgehead atoms. The highest BCUT2D eigenvalue weighted by Gasteiger charge is 2.22. The van der Waals surface area contributed by atoms with Gasteiger partial charge in [0, 0.05) is 29.6 Å². The molecule has 2 aliphatic heterocycles. The highest BCUT2D eigenvalue weighted by atomic mass is 16.1. The Hall–Kier alpha value is -2.81. The van der Waals surface area contributed by atoms with Gasteiger partial charge in [0.1, 0.15) is 0 Å². The molecular formula is C26H32N2O. The first-order chi connectivity index (χ1) is 13.5. The lowest BCUT2D eigenvalue weighted by Gasteiger charge is -2.26. The summed E-state index contributed by atoms with van der Waals surface area (Å²) in [6, 6.07) is 12.6. The second-order valence-electron chi connectivity index (χ2n) is 9.78. The summed E-state index contributed by atoms with van der Waals surface area (Å²) in [7, 11) is 0. The Balaban J connectivity index is 0.000000166. The molecule has 2 aromatic carbocycles. The van der Waals surface area contributed by atoms with Gasteiger partial charge in [-0.3, -0.25) is 4.79 Å². The van der Waals surface area contributed by atoms with Crippen LogP contribution in [0.2, 0.25) is 0 Å². The van der Waals surface area contributed by atoms with E-state index in [4.69, 9.17) is 0 Å². The highest BCUT2D eigenvalue weighted by Crippen LogP contribution is 2.32. The Morgan fingerprint density at radius 1 is 0.931 bits per heavy atom. The molecule has 0 unspecified atom stereocenters. The average molecular weight is 389 g/mol. The maximum absolute atomic E-state index is 11.4. The summed E-state index contributed by atoms with van der Waals surface area (Å²) in [5.74, 6) is 0.0612. The number of rotatable bonds is 0. The number of fused-ring (bicyclic) bond motifs is 2. The Morgan fingerprint density at radius 3 is 2.31 bits per heavy atom. The lowest BCUT2D eigenvalue weighted by atomic mass is 9.81. The van der Waals surface area contributed by atoms with Crippen LogP contribution in [0.3, 0.4) is 0 Å². The Morgan fingerprint density at radius 2 is 1.66 bits per heavy atom. The van der Waals surface area contributed by atoms with E-state index in [1.165, 1.54) is 22.3 Å². The zero-order chi connectivity index (χ0) is 21.4. The van der Waals surface area contributed by atoms with Crippen LogP contribution in [0.1, 0.15) is 79.7 Å². The molecule has 0 spiro atoms. The number of hydrogen-bond acceptors (Lipinski definition) is 2. The molecule has 0 atom stereocenters. The van der Waals surface area contributed by atoms with Gasteiger partial charge in [-0.15, -0.1) is 0 Å². The molecule has 2 aliphatic rings. The van der Waals surface area contributed by atoms with Gasteiger partial charge in [-0.2, -0.15) is 0 Å². The van der Waals surface area contributed by atoms with E-state index in [-0.39, 0.29) is 16.7 Å². The van der Waals surface area contributed by atoms with E-state index < -0.39 is 0 Å². The fourth-order valence-electron chi connectivity index (χ4n) is 3.64. The van der Waals surface area contributed by atoms with Crippen LogP contribution in [0.4, 0.5) is 0 Å². The number of carbonyl (C=O) groups is 1. The van der Waals surface area contributed by atoms with E-state index in [0.717, 1.165) is 16.8 Å². The summed E-state index contributed by atoms with van der Waals surface area (Å²) in [4.78, 5) is 11.4. The van der Waals surface area contributed by atoms with Crippen LogP contribution in [0.5, 0.6) is 0 Å². The molecule has 0 radical (unpaired) electrons. The molecule has 0 aromatic heterocycles. The lowest BCUT2D eigenvalue weighted by Crippen LogP contribution is -2.17. The number of nitrogens with one attached hydrogen (secondary N) is 2. The average Bonchev–Trinajstić information content (AvgIpc) is 3.01. The first-order valence-electron chi connectivity index (χ1n) is 10.2. The first kappa shape index (κ1) is 20.9. The predicted molar refractivity (Wildman–Crippen MR) is 123 cm³/mol. The molecule has 0 saturated carbocycles. The second-order valence-corrected chi connectivity index (χ2v) is 9.78. The third kappa shape index (κ3) is 4.45. The molecule has 152 valence electrons. The number of carbonyl (C=O) groups excluding carboxylic acids is 1. The fraction of sp³-hybridized carbons (Fsp3) is 0.346. The molecule has 2 heterocycles. The van der Waals surface area contributed by atoms with Crippen molar-refractivity contribution in [3.05, 3.63) is 82.6 Å². The van der Waals surface area contributed by atoms with E-state index in [1.807, 2.05) is 18.3 Å². The Bertz CT molecular complexity index is 985. The number of amides is 1. The largest absolute Gasteiger partial charge is 0.362 e. The Kier molecular flexibility index (Phi) is 5.44. The summed E-state index contributed by atoms with van der Waals surface area (Å²) >= 11 is 0. The molecule has 29 heavy (non-hydrogen) atoms. The smallest absolute Gasteiger partial charge is 0.251 e. The third-order valence-corrected chi connectivity index (χ3v) is 5.41. The van der Waals surface area contributed by atoms with Gasteiger partial charge in [0.05, 0.1) is 0 Å². The van der Waals surface area contributed by atoms with Crippen LogP contribution < -0.4 is 10.6 Å². The van der Waals surface area contributed by atoms with Crippen molar-refractivity contribution in [2.45, 2.75) is 58.9 Å². The maximum atomic E-state index is 11.4. The van der Waals surface area contributed by atoms with Gasteiger partial charge in [-0.05, 0) is 45.2 Å². The van der Waals surface area contributed by atoms with Gasteiger partial charge >= 0.3 is 0 Å². The van der Waals surface area contributed by atoms with E-state index in [2.05, 4.69) is 89.1 Å². The molecule has 0 fully saturated rings. The van der Waals surface area contributed by atoms with Crippen LogP contribution in [-0.4, -0.2) is 5.91 Å². The summed E-state index contributed by atoms with van der Waals surface area (Å²) in [6.07, 6.45) is 4.09. The second kappa shape index (κ2) is 7.55. The molecule has 2 aromatic rings. The topological polar surface area (TPSA) is 41.1 Å². The van der Waals surface area contributed by atoms with Crippen LogP contribution in [-0.2, 0) is 17.4 Å². The van der Waals surface area contributed by atoms with E-state index in [1.54, 1.807) is 0 Å².